The van der Waals surface area contributed by atoms with Gasteiger partial charge in [0.05, 0.1) is 0 Å². The van der Waals surface area contributed by atoms with E-state index in [0.29, 0.717) is 13.1 Å². The second-order valence-electron chi connectivity index (χ2n) is 4.30. The van der Waals surface area contributed by atoms with E-state index >= 15 is 0 Å². The highest BCUT2D eigenvalue weighted by molar-refractivity contribution is 6.32. The normalized spacial score (nSPS) is 10.8. The molecule has 0 unspecified atom stereocenters. The lowest BCUT2D eigenvalue weighted by atomic mass is 10.3. The number of unbranched alkanes of at least 4 members (excludes halogenated alkanes) is 2. The number of hydrogen-bond donors (Lipinski definition) is 1. The van der Waals surface area contributed by atoms with Crippen LogP contribution >= 0.6 is 11.6 Å². The largest absolute Gasteiger partial charge is 0.384 e. The van der Waals surface area contributed by atoms with Crippen molar-refractivity contribution in [1.29, 1.82) is 0 Å². The van der Waals surface area contributed by atoms with E-state index in [2.05, 4.69) is 0 Å². The molecule has 0 aliphatic carbocycles. The van der Waals surface area contributed by atoms with Crippen molar-refractivity contribution in [2.24, 2.45) is 0 Å². The molecule has 0 aliphatic rings. The van der Waals surface area contributed by atoms with Gasteiger partial charge in [0.1, 0.15) is 10.8 Å². The van der Waals surface area contributed by atoms with Gasteiger partial charge in [0.15, 0.2) is 0 Å². The second-order valence-corrected chi connectivity index (χ2v) is 4.68. The highest BCUT2D eigenvalue weighted by atomic mass is 35.5. The van der Waals surface area contributed by atoms with Crippen LogP contribution in [0.1, 0.15) is 39.5 Å². The van der Waals surface area contributed by atoms with Crippen molar-refractivity contribution >= 4 is 17.4 Å². The third kappa shape index (κ3) is 2.96. The minimum Gasteiger partial charge on any atom is -0.384 e. The van der Waals surface area contributed by atoms with E-state index in [-0.39, 0.29) is 16.5 Å². The Morgan fingerprint density at radius 3 is 2.06 bits per heavy atom. The number of anilines is 1. The van der Waals surface area contributed by atoms with Crippen LogP contribution in [0.25, 0.3) is 0 Å². The fourth-order valence-electron chi connectivity index (χ4n) is 1.73. The predicted octanol–water partition coefficient (Wildman–Crippen LogP) is 1.85. The fourth-order valence-corrected chi connectivity index (χ4v) is 1.93. The van der Waals surface area contributed by atoms with E-state index in [4.69, 9.17) is 17.3 Å². The van der Waals surface area contributed by atoms with Gasteiger partial charge in [-0.3, -0.25) is 13.9 Å². The van der Waals surface area contributed by atoms with Crippen molar-refractivity contribution in [2.75, 3.05) is 5.73 Å². The molecule has 0 amide bonds. The minimum atomic E-state index is -0.486. The summed E-state index contributed by atoms with van der Waals surface area (Å²) >= 11 is 5.90. The fraction of sp³-hybridized carbons (Fsp3) is 0.667. The highest BCUT2D eigenvalue weighted by Gasteiger charge is 2.14. The Kier molecular flexibility index (Phi) is 5.47. The van der Waals surface area contributed by atoms with Crippen molar-refractivity contribution in [3.63, 3.8) is 0 Å². The molecule has 0 radical (unpaired) electrons. The lowest BCUT2D eigenvalue weighted by Gasteiger charge is -2.13. The molecular weight excluding hydrogens is 254 g/mol. The highest BCUT2D eigenvalue weighted by Crippen LogP contribution is 2.11. The zero-order valence-corrected chi connectivity index (χ0v) is 11.7. The van der Waals surface area contributed by atoms with Gasteiger partial charge in [-0.1, -0.05) is 38.3 Å². The summed E-state index contributed by atoms with van der Waals surface area (Å²) in [6, 6.07) is 0. The summed E-state index contributed by atoms with van der Waals surface area (Å²) in [5, 5.41) is -0.0539. The summed E-state index contributed by atoms with van der Waals surface area (Å²) in [6.45, 7) is 4.91. The number of nitrogens with zero attached hydrogens (tertiary/aromatic N) is 2. The third-order valence-electron chi connectivity index (χ3n) is 2.88. The van der Waals surface area contributed by atoms with Crippen molar-refractivity contribution < 1.29 is 0 Å². The van der Waals surface area contributed by atoms with E-state index in [1.165, 1.54) is 9.13 Å². The first-order chi connectivity index (χ1) is 8.54. The third-order valence-corrected chi connectivity index (χ3v) is 3.24. The first kappa shape index (κ1) is 14.8. The Morgan fingerprint density at radius 1 is 1.06 bits per heavy atom. The SMILES string of the molecule is CCCCn1c(N)c(Cl)c(=O)n(CCCC)c1=O. The van der Waals surface area contributed by atoms with Gasteiger partial charge in [0, 0.05) is 13.1 Å². The summed E-state index contributed by atoms with van der Waals surface area (Å²) < 4.78 is 2.57. The maximum atomic E-state index is 12.2. The molecule has 2 N–H and O–H groups in total. The van der Waals surface area contributed by atoms with Crippen molar-refractivity contribution in [1.82, 2.24) is 9.13 Å². The zero-order valence-electron chi connectivity index (χ0n) is 10.9. The molecular formula is C12H20ClN3O2. The molecule has 102 valence electrons. The molecule has 1 heterocycles. The number of nitrogen functional groups attached to an aromatic ring is 1. The molecule has 18 heavy (non-hydrogen) atoms. The van der Waals surface area contributed by atoms with E-state index in [9.17, 15) is 9.59 Å². The molecule has 1 aromatic heterocycles. The van der Waals surface area contributed by atoms with Crippen LogP contribution in [-0.2, 0) is 13.1 Å². The molecule has 0 spiro atoms. The van der Waals surface area contributed by atoms with Crippen LogP contribution in [-0.4, -0.2) is 9.13 Å². The molecule has 0 fully saturated rings. The topological polar surface area (TPSA) is 70.0 Å². The van der Waals surface area contributed by atoms with Gasteiger partial charge in [0.2, 0.25) is 0 Å². The van der Waals surface area contributed by atoms with Gasteiger partial charge < -0.3 is 5.73 Å². The Bertz CT molecular complexity index is 519. The van der Waals surface area contributed by atoms with E-state index in [0.717, 1.165) is 25.7 Å². The van der Waals surface area contributed by atoms with Gasteiger partial charge in [-0.2, -0.15) is 0 Å². The molecule has 6 heteroatoms. The van der Waals surface area contributed by atoms with E-state index in [1.54, 1.807) is 0 Å². The van der Waals surface area contributed by atoms with Crippen LogP contribution in [0.2, 0.25) is 5.02 Å². The average Bonchev–Trinajstić information content (AvgIpc) is 2.36. The smallest absolute Gasteiger partial charge is 0.332 e. The Hall–Kier alpha value is -1.23. The number of aromatic nitrogens is 2. The van der Waals surface area contributed by atoms with Crippen molar-refractivity contribution in [3.05, 3.63) is 25.9 Å². The van der Waals surface area contributed by atoms with Gasteiger partial charge >= 0.3 is 5.69 Å². The van der Waals surface area contributed by atoms with Crippen LogP contribution < -0.4 is 17.0 Å². The predicted molar refractivity (Wildman–Crippen MR) is 74.2 cm³/mol. The molecule has 0 bridgehead atoms. The van der Waals surface area contributed by atoms with E-state index < -0.39 is 5.56 Å². The lowest BCUT2D eigenvalue weighted by Crippen LogP contribution is -2.41. The van der Waals surface area contributed by atoms with Gasteiger partial charge in [0.25, 0.3) is 5.56 Å². The summed E-state index contributed by atoms with van der Waals surface area (Å²) in [5.41, 5.74) is 4.90. The van der Waals surface area contributed by atoms with Crippen LogP contribution in [0.15, 0.2) is 9.59 Å². The number of halogens is 1. The van der Waals surface area contributed by atoms with Gasteiger partial charge in [-0.05, 0) is 12.8 Å². The van der Waals surface area contributed by atoms with Crippen molar-refractivity contribution in [2.45, 2.75) is 52.6 Å². The van der Waals surface area contributed by atoms with E-state index in [1.807, 2.05) is 13.8 Å². The molecule has 1 aromatic rings. The van der Waals surface area contributed by atoms with Crippen LogP contribution in [0, 0.1) is 0 Å². The Morgan fingerprint density at radius 2 is 1.56 bits per heavy atom. The van der Waals surface area contributed by atoms with Crippen LogP contribution in [0.4, 0.5) is 5.82 Å². The molecule has 0 aliphatic heterocycles. The average molecular weight is 274 g/mol. The molecule has 0 aromatic carbocycles. The van der Waals surface area contributed by atoms with Crippen molar-refractivity contribution in [3.8, 4) is 0 Å². The first-order valence-corrected chi connectivity index (χ1v) is 6.70. The van der Waals surface area contributed by atoms with Crippen LogP contribution in [0.5, 0.6) is 0 Å². The Labute approximate surface area is 111 Å². The maximum absolute atomic E-state index is 12.2. The first-order valence-electron chi connectivity index (χ1n) is 6.33. The Balaban J connectivity index is 3.30. The minimum absolute atomic E-state index is 0.0539. The summed E-state index contributed by atoms with van der Waals surface area (Å²) in [5.74, 6) is 0.0767. The quantitative estimate of drug-likeness (QED) is 0.860. The summed E-state index contributed by atoms with van der Waals surface area (Å²) in [4.78, 5) is 24.0. The maximum Gasteiger partial charge on any atom is 0.332 e. The molecule has 0 saturated carbocycles. The number of hydrogen-bond acceptors (Lipinski definition) is 3. The monoisotopic (exact) mass is 273 g/mol. The number of rotatable bonds is 6. The second kappa shape index (κ2) is 6.64. The van der Waals surface area contributed by atoms with Gasteiger partial charge in [-0.15, -0.1) is 0 Å². The zero-order chi connectivity index (χ0) is 13.7. The molecule has 0 atom stereocenters. The molecule has 5 nitrogen and oxygen atoms in total. The summed E-state index contributed by atoms with van der Waals surface area (Å²) in [6.07, 6.45) is 3.44. The summed E-state index contributed by atoms with van der Waals surface area (Å²) in [7, 11) is 0. The van der Waals surface area contributed by atoms with Gasteiger partial charge in [-0.25, -0.2) is 4.79 Å². The molecule has 0 saturated heterocycles. The lowest BCUT2D eigenvalue weighted by molar-refractivity contribution is 0.522. The number of nitrogens with two attached hydrogens (primary N) is 1. The standard InChI is InChI=1S/C12H20ClN3O2/c1-3-5-7-15-10(14)9(13)11(17)16(12(15)18)8-6-4-2/h3-8,14H2,1-2H3. The molecule has 1 rings (SSSR count). The van der Waals surface area contributed by atoms with Crippen LogP contribution in [0.3, 0.4) is 0 Å².